The number of hydrogen-bond acceptors (Lipinski definition) is 5. The van der Waals surface area contributed by atoms with Gasteiger partial charge in [-0.3, -0.25) is 14.9 Å². The summed E-state index contributed by atoms with van der Waals surface area (Å²) in [5, 5.41) is 29.4. The van der Waals surface area contributed by atoms with E-state index in [1.165, 1.54) is 0 Å². The minimum Gasteiger partial charge on any atom is -0.480 e. The molecule has 1 heterocycles. The zero-order chi connectivity index (χ0) is 15.7. The summed E-state index contributed by atoms with van der Waals surface area (Å²) < 4.78 is 13.2. The van der Waals surface area contributed by atoms with Gasteiger partial charge in [0.15, 0.2) is 0 Å². The van der Waals surface area contributed by atoms with Gasteiger partial charge < -0.3 is 15.1 Å². The lowest BCUT2D eigenvalue weighted by Crippen LogP contribution is -2.40. The minimum atomic E-state index is -1.33. The lowest BCUT2D eigenvalue weighted by atomic mass is 10.1. The second kappa shape index (κ2) is 5.44. The first-order valence-corrected chi connectivity index (χ1v) is 5.97. The van der Waals surface area contributed by atoms with Crippen molar-refractivity contribution >= 4 is 17.6 Å². The number of benzene rings is 1. The number of nitro groups is 1. The minimum absolute atomic E-state index is 0.176. The summed E-state index contributed by atoms with van der Waals surface area (Å²) in [7, 11) is 0. The summed E-state index contributed by atoms with van der Waals surface area (Å²) in [4.78, 5) is 34.2. The lowest BCUT2D eigenvalue weighted by molar-refractivity contribution is -0.385. The van der Waals surface area contributed by atoms with Gasteiger partial charge in [-0.1, -0.05) is 0 Å². The zero-order valence-corrected chi connectivity index (χ0v) is 10.6. The molecule has 1 aliphatic heterocycles. The number of nitro benzene ring substituents is 1. The van der Waals surface area contributed by atoms with Gasteiger partial charge in [0.1, 0.15) is 17.4 Å². The van der Waals surface area contributed by atoms with Crippen LogP contribution in [0.5, 0.6) is 0 Å². The van der Waals surface area contributed by atoms with Crippen molar-refractivity contribution in [2.24, 2.45) is 0 Å². The number of carboxylic acid groups (broad SMARTS) is 1. The maximum absolute atomic E-state index is 13.2. The highest BCUT2D eigenvalue weighted by molar-refractivity contribution is 6.00. The molecule has 0 saturated carbocycles. The largest absolute Gasteiger partial charge is 0.480 e. The summed E-state index contributed by atoms with van der Waals surface area (Å²) in [5.41, 5.74) is -1.16. The third-order valence-electron chi connectivity index (χ3n) is 3.21. The van der Waals surface area contributed by atoms with Gasteiger partial charge in [0.05, 0.1) is 11.0 Å². The molecule has 1 aliphatic rings. The van der Waals surface area contributed by atoms with Gasteiger partial charge in [0.2, 0.25) is 0 Å². The number of halogens is 1. The third kappa shape index (κ3) is 2.82. The maximum Gasteiger partial charge on any atom is 0.326 e. The number of aliphatic carboxylic acids is 1. The van der Waals surface area contributed by atoms with E-state index in [0.29, 0.717) is 6.07 Å². The molecule has 0 bridgehead atoms. The van der Waals surface area contributed by atoms with Crippen LogP contribution in [0.4, 0.5) is 10.1 Å². The fourth-order valence-corrected chi connectivity index (χ4v) is 2.27. The monoisotopic (exact) mass is 298 g/mol. The molecule has 2 N–H and O–H groups in total. The Balaban J connectivity index is 2.42. The Labute approximate surface area is 117 Å². The van der Waals surface area contributed by atoms with Crippen LogP contribution in [0.15, 0.2) is 18.2 Å². The predicted octanol–water partition coefficient (Wildman–Crippen LogP) is 0.394. The normalized spacial score (nSPS) is 21.3. The van der Waals surface area contributed by atoms with E-state index < -0.39 is 46.0 Å². The molecule has 1 aromatic rings. The highest BCUT2D eigenvalue weighted by Crippen LogP contribution is 2.26. The number of carboxylic acids is 1. The van der Waals surface area contributed by atoms with Gasteiger partial charge in [0, 0.05) is 19.0 Å². The van der Waals surface area contributed by atoms with Crippen LogP contribution in [-0.2, 0) is 4.79 Å². The number of hydrogen-bond donors (Lipinski definition) is 2. The average molecular weight is 298 g/mol. The molecule has 0 aliphatic carbocycles. The van der Waals surface area contributed by atoms with Gasteiger partial charge in [-0.25, -0.2) is 9.18 Å². The Kier molecular flexibility index (Phi) is 3.85. The third-order valence-corrected chi connectivity index (χ3v) is 3.21. The van der Waals surface area contributed by atoms with Gasteiger partial charge in [-0.15, -0.1) is 0 Å². The fraction of sp³-hybridized carbons (Fsp3) is 0.333. The quantitative estimate of drug-likeness (QED) is 0.615. The van der Waals surface area contributed by atoms with Gasteiger partial charge in [-0.2, -0.15) is 0 Å². The Morgan fingerprint density at radius 2 is 2.10 bits per heavy atom. The van der Waals surface area contributed by atoms with Crippen LogP contribution in [0.3, 0.4) is 0 Å². The summed E-state index contributed by atoms with van der Waals surface area (Å²) in [6.07, 6.45) is -1.22. The van der Waals surface area contributed by atoms with E-state index in [2.05, 4.69) is 0 Å². The number of rotatable bonds is 3. The molecule has 8 nitrogen and oxygen atoms in total. The van der Waals surface area contributed by atoms with Crippen LogP contribution >= 0.6 is 0 Å². The number of carbonyl (C=O) groups excluding carboxylic acids is 1. The number of amides is 1. The van der Waals surface area contributed by atoms with E-state index in [0.717, 1.165) is 17.0 Å². The van der Waals surface area contributed by atoms with Crippen molar-refractivity contribution in [2.75, 3.05) is 6.54 Å². The molecule has 0 spiro atoms. The van der Waals surface area contributed by atoms with Crippen molar-refractivity contribution in [3.8, 4) is 0 Å². The highest BCUT2D eigenvalue weighted by Gasteiger charge is 2.40. The Bertz CT molecular complexity index is 620. The van der Waals surface area contributed by atoms with E-state index in [-0.39, 0.29) is 13.0 Å². The molecule has 0 aromatic heterocycles. The summed E-state index contributed by atoms with van der Waals surface area (Å²) in [6, 6.07) is 1.06. The summed E-state index contributed by atoms with van der Waals surface area (Å²) in [6.45, 7) is -0.274. The number of β-amino-alcohol motifs (C(OH)–C–C–N with tert-alkyl or cyclic N) is 1. The Morgan fingerprint density at radius 1 is 1.43 bits per heavy atom. The first-order chi connectivity index (χ1) is 9.81. The molecule has 2 rings (SSSR count). The van der Waals surface area contributed by atoms with E-state index in [1.807, 2.05) is 0 Å². The molecule has 2 atom stereocenters. The number of aliphatic hydroxyl groups excluding tert-OH is 1. The second-order valence-corrected chi connectivity index (χ2v) is 4.62. The van der Waals surface area contributed by atoms with Crippen LogP contribution < -0.4 is 0 Å². The van der Waals surface area contributed by atoms with E-state index in [4.69, 9.17) is 5.11 Å². The predicted molar refractivity (Wildman–Crippen MR) is 66.1 cm³/mol. The van der Waals surface area contributed by atoms with Gasteiger partial charge in [-0.05, 0) is 12.1 Å². The maximum atomic E-state index is 13.2. The van der Waals surface area contributed by atoms with Crippen LogP contribution in [0, 0.1) is 15.9 Å². The fourth-order valence-electron chi connectivity index (χ4n) is 2.27. The number of aliphatic hydroxyl groups is 1. The van der Waals surface area contributed by atoms with Crippen LogP contribution in [0.2, 0.25) is 0 Å². The Morgan fingerprint density at radius 3 is 2.67 bits per heavy atom. The molecular weight excluding hydrogens is 287 g/mol. The van der Waals surface area contributed by atoms with Crippen molar-refractivity contribution in [3.05, 3.63) is 39.7 Å². The van der Waals surface area contributed by atoms with Gasteiger partial charge >= 0.3 is 5.97 Å². The topological polar surface area (TPSA) is 121 Å². The highest BCUT2D eigenvalue weighted by atomic mass is 19.1. The molecule has 21 heavy (non-hydrogen) atoms. The van der Waals surface area contributed by atoms with E-state index >= 15 is 0 Å². The van der Waals surface area contributed by atoms with E-state index in [1.54, 1.807) is 0 Å². The second-order valence-electron chi connectivity index (χ2n) is 4.62. The SMILES string of the molecule is O=C(O)[C@H]1C[C@@H](O)CN1C(=O)c1cc(F)ccc1[N+](=O)[O-]. The van der Waals surface area contributed by atoms with Gasteiger partial charge in [0.25, 0.3) is 11.6 Å². The standard InChI is InChI=1S/C12H11FN2O6/c13-6-1-2-9(15(20)21)8(3-6)11(17)14-5-7(16)4-10(14)12(18)19/h1-3,7,10,16H,4-5H2,(H,18,19)/t7-,10-/m1/s1. The zero-order valence-electron chi connectivity index (χ0n) is 10.6. The smallest absolute Gasteiger partial charge is 0.326 e. The Hall–Kier alpha value is -2.55. The van der Waals surface area contributed by atoms with Crippen molar-refractivity contribution in [2.45, 2.75) is 18.6 Å². The van der Waals surface area contributed by atoms with Crippen molar-refractivity contribution in [1.82, 2.24) is 4.90 Å². The molecule has 1 fully saturated rings. The summed E-state index contributed by atoms with van der Waals surface area (Å²) in [5.74, 6) is -3.18. The summed E-state index contributed by atoms with van der Waals surface area (Å²) >= 11 is 0. The molecule has 0 unspecified atom stereocenters. The number of likely N-dealkylation sites (tertiary alicyclic amines) is 1. The lowest BCUT2D eigenvalue weighted by Gasteiger charge is -2.21. The molecule has 112 valence electrons. The molecule has 1 aromatic carbocycles. The van der Waals surface area contributed by atoms with Crippen molar-refractivity contribution < 1.29 is 29.1 Å². The van der Waals surface area contributed by atoms with Crippen molar-refractivity contribution in [1.29, 1.82) is 0 Å². The molecule has 0 radical (unpaired) electrons. The molecular formula is C12H11FN2O6. The molecule has 9 heteroatoms. The van der Waals surface area contributed by atoms with Crippen LogP contribution in [0.1, 0.15) is 16.8 Å². The first kappa shape index (κ1) is 14.9. The molecule has 1 saturated heterocycles. The van der Waals surface area contributed by atoms with Crippen molar-refractivity contribution in [3.63, 3.8) is 0 Å². The van der Waals surface area contributed by atoms with Crippen LogP contribution in [-0.4, -0.2) is 50.6 Å². The van der Waals surface area contributed by atoms with Crippen LogP contribution in [0.25, 0.3) is 0 Å². The number of nitrogens with zero attached hydrogens (tertiary/aromatic N) is 2. The number of carbonyl (C=O) groups is 2. The van der Waals surface area contributed by atoms with E-state index in [9.17, 15) is 29.2 Å². The first-order valence-electron chi connectivity index (χ1n) is 5.97. The average Bonchev–Trinajstić information content (AvgIpc) is 2.79. The molecule has 1 amide bonds.